The second-order valence-corrected chi connectivity index (χ2v) is 5.56. The number of aromatic nitrogens is 2. The van der Waals surface area contributed by atoms with Gasteiger partial charge in [-0.2, -0.15) is 0 Å². The molecular weight excluding hydrogens is 224 g/mol. The first-order valence-electron chi connectivity index (χ1n) is 7.13. The van der Waals surface area contributed by atoms with Crippen LogP contribution in [0.25, 0.3) is 0 Å². The van der Waals surface area contributed by atoms with Crippen LogP contribution in [0.3, 0.4) is 0 Å². The van der Waals surface area contributed by atoms with Gasteiger partial charge in [0.25, 0.3) is 0 Å². The van der Waals surface area contributed by atoms with Crippen LogP contribution < -0.4 is 5.32 Å². The van der Waals surface area contributed by atoms with Gasteiger partial charge in [0, 0.05) is 31.5 Å². The van der Waals surface area contributed by atoms with E-state index in [0.717, 1.165) is 19.0 Å². The molecule has 18 heavy (non-hydrogen) atoms. The maximum Gasteiger partial charge on any atom is 0.0945 e. The highest BCUT2D eigenvalue weighted by Crippen LogP contribution is 2.18. The number of hydrogen-bond acceptors (Lipinski definition) is 3. The van der Waals surface area contributed by atoms with E-state index < -0.39 is 0 Å². The summed E-state index contributed by atoms with van der Waals surface area (Å²) in [5.41, 5.74) is 0. The monoisotopic (exact) mass is 250 g/mol. The van der Waals surface area contributed by atoms with Crippen molar-refractivity contribution in [3.63, 3.8) is 0 Å². The fraction of sp³-hybridized carbons (Fsp3) is 0.786. The van der Waals surface area contributed by atoms with E-state index in [1.165, 1.54) is 32.4 Å². The van der Waals surface area contributed by atoms with Crippen LogP contribution >= 0.6 is 0 Å². The molecule has 0 aliphatic carbocycles. The van der Waals surface area contributed by atoms with Crippen molar-refractivity contribution in [3.8, 4) is 0 Å². The number of likely N-dealkylation sites (tertiary alicyclic amines) is 1. The zero-order valence-corrected chi connectivity index (χ0v) is 11.7. The Hall–Kier alpha value is -0.870. The fourth-order valence-corrected chi connectivity index (χ4v) is 2.79. The minimum Gasteiger partial charge on any atom is -0.337 e. The highest BCUT2D eigenvalue weighted by molar-refractivity contribution is 4.79. The second kappa shape index (κ2) is 6.90. The molecule has 1 aliphatic heterocycles. The summed E-state index contributed by atoms with van der Waals surface area (Å²) in [6.07, 6.45) is 9.65. The van der Waals surface area contributed by atoms with Crippen LogP contribution in [-0.2, 0) is 6.54 Å². The van der Waals surface area contributed by atoms with E-state index in [1.54, 1.807) is 0 Å². The van der Waals surface area contributed by atoms with Gasteiger partial charge in [0.05, 0.1) is 6.33 Å². The summed E-state index contributed by atoms with van der Waals surface area (Å²) >= 11 is 0. The molecule has 1 aliphatic rings. The average molecular weight is 250 g/mol. The van der Waals surface area contributed by atoms with Crippen LogP contribution in [0.15, 0.2) is 18.7 Å². The molecule has 4 heteroatoms. The largest absolute Gasteiger partial charge is 0.337 e. The molecule has 0 amide bonds. The van der Waals surface area contributed by atoms with E-state index in [-0.39, 0.29) is 0 Å². The van der Waals surface area contributed by atoms with Gasteiger partial charge in [-0.15, -0.1) is 0 Å². The fourth-order valence-electron chi connectivity index (χ4n) is 2.79. The van der Waals surface area contributed by atoms with Gasteiger partial charge in [0.1, 0.15) is 0 Å². The first-order valence-corrected chi connectivity index (χ1v) is 7.13. The Balaban J connectivity index is 1.60. The van der Waals surface area contributed by atoms with Crippen molar-refractivity contribution in [2.24, 2.45) is 5.92 Å². The van der Waals surface area contributed by atoms with Gasteiger partial charge in [-0.05, 0) is 52.2 Å². The maximum absolute atomic E-state index is 4.05. The van der Waals surface area contributed by atoms with Crippen molar-refractivity contribution in [3.05, 3.63) is 18.7 Å². The zero-order chi connectivity index (χ0) is 12.8. The van der Waals surface area contributed by atoms with Gasteiger partial charge in [-0.3, -0.25) is 0 Å². The van der Waals surface area contributed by atoms with Crippen molar-refractivity contribution in [2.75, 3.05) is 26.7 Å². The molecule has 2 unspecified atom stereocenters. The molecule has 0 saturated carbocycles. The van der Waals surface area contributed by atoms with E-state index in [1.807, 2.05) is 18.7 Å². The normalized spacial score (nSPS) is 23.1. The molecule has 2 heterocycles. The van der Waals surface area contributed by atoms with Gasteiger partial charge >= 0.3 is 0 Å². The molecule has 1 aromatic rings. The maximum atomic E-state index is 4.05. The smallest absolute Gasteiger partial charge is 0.0945 e. The molecule has 1 fully saturated rings. The number of nitrogens with zero attached hydrogens (tertiary/aromatic N) is 3. The molecule has 0 spiro atoms. The standard InChI is InChI=1S/C14H26N4/c1-13(14-5-3-8-17(2)11-14)16-6-4-9-18-10-7-15-12-18/h7,10,12-14,16H,3-6,8-9,11H2,1-2H3. The van der Waals surface area contributed by atoms with Gasteiger partial charge in [-0.25, -0.2) is 4.98 Å². The van der Waals surface area contributed by atoms with E-state index in [9.17, 15) is 0 Å². The minimum absolute atomic E-state index is 0.635. The Labute approximate surface area is 110 Å². The predicted octanol–water partition coefficient (Wildman–Crippen LogP) is 1.59. The topological polar surface area (TPSA) is 33.1 Å². The van der Waals surface area contributed by atoms with Crippen molar-refractivity contribution >= 4 is 0 Å². The summed E-state index contributed by atoms with van der Waals surface area (Å²) in [7, 11) is 2.23. The average Bonchev–Trinajstić information content (AvgIpc) is 2.87. The van der Waals surface area contributed by atoms with Crippen molar-refractivity contribution in [1.82, 2.24) is 19.8 Å². The molecule has 0 radical (unpaired) electrons. The molecule has 0 aromatic carbocycles. The van der Waals surface area contributed by atoms with Gasteiger partial charge < -0.3 is 14.8 Å². The van der Waals surface area contributed by atoms with Crippen molar-refractivity contribution in [1.29, 1.82) is 0 Å². The SMILES string of the molecule is CC(NCCCn1ccnc1)C1CCCN(C)C1. The first kappa shape index (κ1) is 13.6. The summed E-state index contributed by atoms with van der Waals surface area (Å²) in [5, 5.41) is 3.67. The number of aryl methyl sites for hydroxylation is 1. The third kappa shape index (κ3) is 4.10. The quantitative estimate of drug-likeness (QED) is 0.778. The molecular formula is C14H26N4. The van der Waals surface area contributed by atoms with Gasteiger partial charge in [-0.1, -0.05) is 0 Å². The van der Waals surface area contributed by atoms with Crippen LogP contribution in [0.4, 0.5) is 0 Å². The third-order valence-electron chi connectivity index (χ3n) is 3.99. The van der Waals surface area contributed by atoms with Crippen LogP contribution in [0.1, 0.15) is 26.2 Å². The molecule has 1 N–H and O–H groups in total. The summed E-state index contributed by atoms with van der Waals surface area (Å²) in [6.45, 7) is 7.00. The molecule has 1 aromatic heterocycles. The molecule has 2 rings (SSSR count). The number of rotatable bonds is 6. The summed E-state index contributed by atoms with van der Waals surface area (Å²) in [4.78, 5) is 6.51. The lowest BCUT2D eigenvalue weighted by Crippen LogP contribution is -2.43. The van der Waals surface area contributed by atoms with E-state index in [2.05, 4.69) is 33.7 Å². The Kier molecular flexibility index (Phi) is 5.20. The van der Waals surface area contributed by atoms with E-state index in [4.69, 9.17) is 0 Å². The summed E-state index contributed by atoms with van der Waals surface area (Å²) < 4.78 is 2.14. The highest BCUT2D eigenvalue weighted by Gasteiger charge is 2.21. The third-order valence-corrected chi connectivity index (χ3v) is 3.99. The molecule has 4 nitrogen and oxygen atoms in total. The van der Waals surface area contributed by atoms with Gasteiger partial charge in [0.15, 0.2) is 0 Å². The van der Waals surface area contributed by atoms with Gasteiger partial charge in [0.2, 0.25) is 0 Å². The lowest BCUT2D eigenvalue weighted by atomic mass is 9.92. The molecule has 1 saturated heterocycles. The zero-order valence-electron chi connectivity index (χ0n) is 11.7. The van der Waals surface area contributed by atoms with Crippen LogP contribution in [-0.4, -0.2) is 47.2 Å². The molecule has 2 atom stereocenters. The van der Waals surface area contributed by atoms with Crippen molar-refractivity contribution in [2.45, 2.75) is 38.8 Å². The number of piperidine rings is 1. The lowest BCUT2D eigenvalue weighted by Gasteiger charge is -2.34. The minimum atomic E-state index is 0.635. The van der Waals surface area contributed by atoms with E-state index >= 15 is 0 Å². The summed E-state index contributed by atoms with van der Waals surface area (Å²) in [6, 6.07) is 0.635. The van der Waals surface area contributed by atoms with Crippen molar-refractivity contribution < 1.29 is 0 Å². The Morgan fingerprint density at radius 3 is 3.11 bits per heavy atom. The molecule has 102 valence electrons. The Morgan fingerprint density at radius 2 is 2.39 bits per heavy atom. The molecule has 0 bridgehead atoms. The van der Waals surface area contributed by atoms with Crippen LogP contribution in [0.5, 0.6) is 0 Å². The van der Waals surface area contributed by atoms with Crippen LogP contribution in [0, 0.1) is 5.92 Å². The Morgan fingerprint density at radius 1 is 1.50 bits per heavy atom. The second-order valence-electron chi connectivity index (χ2n) is 5.56. The predicted molar refractivity (Wildman–Crippen MR) is 74.5 cm³/mol. The summed E-state index contributed by atoms with van der Waals surface area (Å²) in [5.74, 6) is 0.817. The lowest BCUT2D eigenvalue weighted by molar-refractivity contribution is 0.179. The number of hydrogen-bond donors (Lipinski definition) is 1. The van der Waals surface area contributed by atoms with Crippen LogP contribution in [0.2, 0.25) is 0 Å². The number of nitrogens with one attached hydrogen (secondary N) is 1. The highest BCUT2D eigenvalue weighted by atomic mass is 15.1. The number of imidazole rings is 1. The van der Waals surface area contributed by atoms with E-state index in [0.29, 0.717) is 6.04 Å². The Bertz CT molecular complexity index is 323. The first-order chi connectivity index (χ1) is 8.75.